The van der Waals surface area contributed by atoms with Crippen LogP contribution in [0.25, 0.3) is 0 Å². The van der Waals surface area contributed by atoms with Crippen LogP contribution in [0.5, 0.6) is 0 Å². The van der Waals surface area contributed by atoms with Crippen molar-refractivity contribution in [1.29, 1.82) is 0 Å². The van der Waals surface area contributed by atoms with Gasteiger partial charge in [-0.1, -0.05) is 12.1 Å². The zero-order valence-corrected chi connectivity index (χ0v) is 17.4. The second kappa shape index (κ2) is 8.92. The maximum atomic E-state index is 13.0. The molecule has 0 atom stereocenters. The highest BCUT2D eigenvalue weighted by molar-refractivity contribution is 7.89. The van der Waals surface area contributed by atoms with Crippen molar-refractivity contribution in [2.45, 2.75) is 31.6 Å². The highest BCUT2D eigenvalue weighted by Gasteiger charge is 2.25. The molecular weight excluding hydrogens is 393 g/mol. The first-order valence-corrected chi connectivity index (χ1v) is 11.1. The third-order valence-electron chi connectivity index (χ3n) is 5.19. The summed E-state index contributed by atoms with van der Waals surface area (Å²) < 4.78 is 40.9. The molecule has 156 valence electrons. The van der Waals surface area contributed by atoms with Gasteiger partial charge in [0.2, 0.25) is 10.0 Å². The average Bonchev–Trinajstić information content (AvgIpc) is 2.70. The number of sulfonamides is 1. The fourth-order valence-electron chi connectivity index (χ4n) is 3.38. The van der Waals surface area contributed by atoms with Crippen LogP contribution in [0.3, 0.4) is 0 Å². The molecule has 1 fully saturated rings. The minimum atomic E-state index is -3.56. The Bertz CT molecular complexity index is 969. The van der Waals surface area contributed by atoms with Gasteiger partial charge in [0.15, 0.2) is 0 Å². The number of carbonyl (C=O) groups is 1. The van der Waals surface area contributed by atoms with E-state index in [0.29, 0.717) is 43.1 Å². The van der Waals surface area contributed by atoms with Crippen molar-refractivity contribution in [2.24, 2.45) is 5.92 Å². The lowest BCUT2D eigenvalue weighted by molar-refractivity contribution is 0.183. The average molecular weight is 420 g/mol. The Hall–Kier alpha value is -2.45. The first-order chi connectivity index (χ1) is 13.7. The molecule has 0 saturated carbocycles. The van der Waals surface area contributed by atoms with Gasteiger partial charge in [-0.05, 0) is 74.1 Å². The van der Waals surface area contributed by atoms with Crippen LogP contribution >= 0.6 is 0 Å². The van der Waals surface area contributed by atoms with Gasteiger partial charge >= 0.3 is 6.03 Å². The van der Waals surface area contributed by atoms with Gasteiger partial charge in [-0.15, -0.1) is 0 Å². The lowest BCUT2D eigenvalue weighted by atomic mass is 9.97. The summed E-state index contributed by atoms with van der Waals surface area (Å²) in [7, 11) is -3.56. The van der Waals surface area contributed by atoms with E-state index in [1.54, 1.807) is 17.9 Å². The summed E-state index contributed by atoms with van der Waals surface area (Å²) >= 11 is 0. The number of piperidine rings is 1. The summed E-state index contributed by atoms with van der Waals surface area (Å²) in [4.78, 5) is 14.3. The quantitative estimate of drug-likeness (QED) is 0.776. The summed E-state index contributed by atoms with van der Waals surface area (Å²) in [5, 5.41) is 2.75. The normalized spacial score (nSPS) is 15.3. The lowest BCUT2D eigenvalue weighted by Gasteiger charge is -2.32. The number of hydrogen-bond acceptors (Lipinski definition) is 3. The standard InChI is InChI=1S/C21H26FN3O3S/c1-15-3-4-16(2)20(13-15)29(27,28)23-14-17-9-11-25(12-10-17)21(26)24-19-7-5-18(22)6-8-19/h3-8,13,17,23H,9-12,14H2,1-2H3,(H,24,26). The summed E-state index contributed by atoms with van der Waals surface area (Å²) in [6.07, 6.45) is 1.43. The van der Waals surface area contributed by atoms with E-state index in [2.05, 4.69) is 10.0 Å². The molecule has 29 heavy (non-hydrogen) atoms. The van der Waals surface area contributed by atoms with Crippen LogP contribution in [0.15, 0.2) is 47.4 Å². The summed E-state index contributed by atoms with van der Waals surface area (Å²) in [5.74, 6) is -0.183. The van der Waals surface area contributed by atoms with E-state index in [-0.39, 0.29) is 17.8 Å². The minimum Gasteiger partial charge on any atom is -0.325 e. The highest BCUT2D eigenvalue weighted by Crippen LogP contribution is 2.20. The van der Waals surface area contributed by atoms with Crippen molar-refractivity contribution < 1.29 is 17.6 Å². The molecule has 0 radical (unpaired) electrons. The van der Waals surface area contributed by atoms with Crippen LogP contribution in [0, 0.1) is 25.6 Å². The van der Waals surface area contributed by atoms with E-state index in [1.807, 2.05) is 19.1 Å². The van der Waals surface area contributed by atoms with Gasteiger partial charge in [0, 0.05) is 25.3 Å². The van der Waals surface area contributed by atoms with E-state index < -0.39 is 10.0 Å². The number of rotatable bonds is 5. The van der Waals surface area contributed by atoms with Gasteiger partial charge in [0.25, 0.3) is 0 Å². The van der Waals surface area contributed by atoms with E-state index in [1.165, 1.54) is 24.3 Å². The number of likely N-dealkylation sites (tertiary alicyclic amines) is 1. The summed E-state index contributed by atoms with van der Waals surface area (Å²) in [6, 6.07) is 10.8. The van der Waals surface area contributed by atoms with Crippen molar-refractivity contribution in [3.8, 4) is 0 Å². The first kappa shape index (κ1) is 21.3. The molecule has 6 nitrogen and oxygen atoms in total. The Morgan fingerprint density at radius 2 is 1.76 bits per heavy atom. The SMILES string of the molecule is Cc1ccc(C)c(S(=O)(=O)NCC2CCN(C(=O)Nc3ccc(F)cc3)CC2)c1. The summed E-state index contributed by atoms with van der Waals surface area (Å²) in [6.45, 7) is 5.09. The van der Waals surface area contributed by atoms with Crippen molar-refractivity contribution in [2.75, 3.05) is 25.0 Å². The van der Waals surface area contributed by atoms with Gasteiger partial charge < -0.3 is 10.2 Å². The maximum Gasteiger partial charge on any atom is 0.321 e. The molecule has 3 rings (SSSR count). The molecule has 0 spiro atoms. The predicted molar refractivity (Wildman–Crippen MR) is 111 cm³/mol. The molecule has 2 aromatic rings. The monoisotopic (exact) mass is 419 g/mol. The number of carbonyl (C=O) groups excluding carboxylic acids is 1. The second-order valence-corrected chi connectivity index (χ2v) is 9.22. The van der Waals surface area contributed by atoms with Crippen LogP contribution in [-0.4, -0.2) is 39.0 Å². The molecule has 1 aliphatic rings. The zero-order chi connectivity index (χ0) is 21.0. The van der Waals surface area contributed by atoms with Crippen molar-refractivity contribution >= 4 is 21.7 Å². The molecule has 2 amide bonds. The number of nitrogens with zero attached hydrogens (tertiary/aromatic N) is 1. The predicted octanol–water partition coefficient (Wildman–Crippen LogP) is 3.66. The van der Waals surface area contributed by atoms with E-state index >= 15 is 0 Å². The molecule has 0 aliphatic carbocycles. The molecular formula is C21H26FN3O3S. The summed E-state index contributed by atoms with van der Waals surface area (Å²) in [5.41, 5.74) is 2.16. The molecule has 0 unspecified atom stereocenters. The van der Waals surface area contributed by atoms with Crippen LogP contribution in [-0.2, 0) is 10.0 Å². The Morgan fingerprint density at radius 3 is 2.41 bits per heavy atom. The van der Waals surface area contributed by atoms with Gasteiger partial charge in [-0.3, -0.25) is 0 Å². The van der Waals surface area contributed by atoms with Gasteiger partial charge in [-0.2, -0.15) is 0 Å². The first-order valence-electron chi connectivity index (χ1n) is 9.63. The fraction of sp³-hybridized carbons (Fsp3) is 0.381. The van der Waals surface area contributed by atoms with Gasteiger partial charge in [0.05, 0.1) is 4.90 Å². The van der Waals surface area contributed by atoms with Crippen molar-refractivity contribution in [3.05, 3.63) is 59.4 Å². The fourth-order valence-corrected chi connectivity index (χ4v) is 4.82. The van der Waals surface area contributed by atoms with E-state index in [9.17, 15) is 17.6 Å². The third-order valence-corrected chi connectivity index (χ3v) is 6.76. The molecule has 2 N–H and O–H groups in total. The van der Waals surface area contributed by atoms with Crippen LogP contribution in [0.2, 0.25) is 0 Å². The van der Waals surface area contributed by atoms with Crippen molar-refractivity contribution in [3.63, 3.8) is 0 Å². The number of halogens is 1. The Labute approximate surface area is 171 Å². The highest BCUT2D eigenvalue weighted by atomic mass is 32.2. The Morgan fingerprint density at radius 1 is 1.10 bits per heavy atom. The topological polar surface area (TPSA) is 78.5 Å². The number of benzene rings is 2. The van der Waals surface area contributed by atoms with Crippen LogP contribution in [0.4, 0.5) is 14.9 Å². The number of nitrogens with one attached hydrogen (secondary N) is 2. The maximum absolute atomic E-state index is 13.0. The number of urea groups is 1. The Balaban J connectivity index is 1.50. The molecule has 2 aromatic carbocycles. The zero-order valence-electron chi connectivity index (χ0n) is 16.6. The number of anilines is 1. The Kier molecular flexibility index (Phi) is 6.54. The van der Waals surface area contributed by atoms with Crippen molar-refractivity contribution in [1.82, 2.24) is 9.62 Å². The minimum absolute atomic E-state index is 0.171. The second-order valence-electron chi connectivity index (χ2n) is 7.49. The molecule has 0 bridgehead atoms. The van der Waals surface area contributed by atoms with Gasteiger partial charge in [0.1, 0.15) is 5.82 Å². The molecule has 1 saturated heterocycles. The third kappa shape index (κ3) is 5.55. The van der Waals surface area contributed by atoms with E-state index in [4.69, 9.17) is 0 Å². The number of hydrogen-bond donors (Lipinski definition) is 2. The lowest BCUT2D eigenvalue weighted by Crippen LogP contribution is -2.43. The van der Waals surface area contributed by atoms with Crippen LogP contribution in [0.1, 0.15) is 24.0 Å². The smallest absolute Gasteiger partial charge is 0.321 e. The largest absolute Gasteiger partial charge is 0.325 e. The van der Waals surface area contributed by atoms with Crippen LogP contribution < -0.4 is 10.0 Å². The molecule has 1 aliphatic heterocycles. The molecule has 1 heterocycles. The van der Waals surface area contributed by atoms with Gasteiger partial charge in [-0.25, -0.2) is 22.3 Å². The number of aryl methyl sites for hydroxylation is 2. The van der Waals surface area contributed by atoms with E-state index in [0.717, 1.165) is 11.1 Å². The molecule has 8 heteroatoms. The number of amides is 2. The molecule has 0 aromatic heterocycles.